The first-order valence-corrected chi connectivity index (χ1v) is 7.83. The Balaban J connectivity index is 1.74. The largest absolute Gasteiger partial charge is 0.485 e. The van der Waals surface area contributed by atoms with Crippen LogP contribution in [0.4, 0.5) is 5.69 Å². The number of carbonyl (C=O) groups excluding carboxylic acids is 1. The van der Waals surface area contributed by atoms with Crippen LogP contribution in [0.2, 0.25) is 0 Å². The summed E-state index contributed by atoms with van der Waals surface area (Å²) < 4.78 is 11.7. The van der Waals surface area contributed by atoms with Crippen molar-refractivity contribution in [2.24, 2.45) is 0 Å². The lowest BCUT2D eigenvalue weighted by Crippen LogP contribution is -2.09. The first-order valence-electron chi connectivity index (χ1n) is 7.83. The van der Waals surface area contributed by atoms with Gasteiger partial charge in [0.2, 0.25) is 0 Å². The molecule has 0 radical (unpaired) electrons. The normalized spacial score (nSPS) is 13.3. The van der Waals surface area contributed by atoms with Crippen LogP contribution in [0.5, 0.6) is 5.75 Å². The molecule has 120 valence electrons. The van der Waals surface area contributed by atoms with Gasteiger partial charge in [0.1, 0.15) is 6.61 Å². The Morgan fingerprint density at radius 2 is 2.08 bits per heavy atom. The van der Waals surface area contributed by atoms with Gasteiger partial charge in [-0.3, -0.25) is 4.79 Å². The second kappa shape index (κ2) is 5.57. The number of hydrogen-bond acceptors (Lipinski definition) is 4. The fourth-order valence-corrected chi connectivity index (χ4v) is 3.02. The molecule has 0 saturated heterocycles. The summed E-state index contributed by atoms with van der Waals surface area (Å²) in [5.74, 6) is 0.723. The van der Waals surface area contributed by atoms with Gasteiger partial charge in [-0.15, -0.1) is 0 Å². The molecule has 3 aromatic rings. The quantitative estimate of drug-likeness (QED) is 0.740. The summed E-state index contributed by atoms with van der Waals surface area (Å²) >= 11 is 0. The smallest absolute Gasteiger partial charge is 0.176 e. The van der Waals surface area contributed by atoms with Crippen molar-refractivity contribution in [2.75, 3.05) is 5.73 Å². The van der Waals surface area contributed by atoms with E-state index in [1.807, 2.05) is 43.3 Å². The van der Waals surface area contributed by atoms with Crippen LogP contribution in [0, 0.1) is 6.92 Å². The summed E-state index contributed by atoms with van der Waals surface area (Å²) in [5.41, 5.74) is 11.2. The van der Waals surface area contributed by atoms with Crippen LogP contribution in [-0.4, -0.2) is 5.78 Å². The molecule has 0 atom stereocenters. The van der Waals surface area contributed by atoms with Crippen molar-refractivity contribution in [3.63, 3.8) is 0 Å². The molecule has 4 rings (SSSR count). The van der Waals surface area contributed by atoms with E-state index in [1.165, 1.54) is 0 Å². The fraction of sp³-hybridized carbons (Fsp3) is 0.150. The number of rotatable bonds is 3. The van der Waals surface area contributed by atoms with Crippen molar-refractivity contribution in [3.05, 3.63) is 64.9 Å². The Morgan fingerprint density at radius 1 is 1.21 bits per heavy atom. The molecule has 0 amide bonds. The lowest BCUT2D eigenvalue weighted by Gasteiger charge is -2.16. The zero-order chi connectivity index (χ0) is 16.7. The summed E-state index contributed by atoms with van der Waals surface area (Å²) in [6.45, 7) is 2.36. The van der Waals surface area contributed by atoms with E-state index < -0.39 is 0 Å². The molecule has 1 aliphatic rings. The SMILES string of the molecule is Cc1cc(COc2c3c(cc4ccoc24)C=CC(=O)C3)ccc1N. The summed E-state index contributed by atoms with van der Waals surface area (Å²) in [7, 11) is 0. The van der Waals surface area contributed by atoms with Gasteiger partial charge in [0.05, 0.1) is 6.26 Å². The van der Waals surface area contributed by atoms with Crippen LogP contribution in [0.1, 0.15) is 22.3 Å². The number of allylic oxidation sites excluding steroid dienone is 1. The standard InChI is InChI=1S/C20H17NO3/c1-12-8-13(2-5-18(12)21)11-24-20-17-10-16(22)4-3-14(17)9-15-6-7-23-19(15)20/h2-9H,10-11,21H2,1H3. The number of anilines is 1. The highest BCUT2D eigenvalue weighted by Gasteiger charge is 2.20. The van der Waals surface area contributed by atoms with Crippen LogP contribution in [0.25, 0.3) is 17.0 Å². The predicted molar refractivity (Wildman–Crippen MR) is 93.9 cm³/mol. The molecule has 1 heterocycles. The van der Waals surface area contributed by atoms with Gasteiger partial charge >= 0.3 is 0 Å². The maximum atomic E-state index is 11.8. The van der Waals surface area contributed by atoms with Crippen LogP contribution >= 0.6 is 0 Å². The minimum absolute atomic E-state index is 0.0709. The number of benzene rings is 2. The van der Waals surface area contributed by atoms with Crippen LogP contribution in [0.15, 0.2) is 47.1 Å². The van der Waals surface area contributed by atoms with E-state index in [2.05, 4.69) is 0 Å². The van der Waals surface area contributed by atoms with Crippen molar-refractivity contribution in [1.82, 2.24) is 0 Å². The number of nitrogen functional groups attached to an aromatic ring is 1. The van der Waals surface area contributed by atoms with Gasteiger partial charge in [-0.1, -0.05) is 18.2 Å². The Morgan fingerprint density at radius 3 is 2.92 bits per heavy atom. The van der Waals surface area contributed by atoms with Gasteiger partial charge < -0.3 is 14.9 Å². The van der Waals surface area contributed by atoms with E-state index >= 15 is 0 Å². The van der Waals surface area contributed by atoms with Gasteiger partial charge in [-0.25, -0.2) is 0 Å². The molecular weight excluding hydrogens is 302 g/mol. The number of carbonyl (C=O) groups is 1. The Hall–Kier alpha value is -3.01. The predicted octanol–water partition coefficient (Wildman–Crippen LogP) is 4.04. The molecule has 0 bridgehead atoms. The molecule has 0 unspecified atom stereocenters. The number of ketones is 1. The Bertz CT molecular complexity index is 982. The highest BCUT2D eigenvalue weighted by molar-refractivity contribution is 6.01. The van der Waals surface area contributed by atoms with E-state index in [-0.39, 0.29) is 5.78 Å². The van der Waals surface area contributed by atoms with Gasteiger partial charge in [-0.2, -0.15) is 0 Å². The molecule has 1 aromatic heterocycles. The fourth-order valence-electron chi connectivity index (χ4n) is 3.02. The second-order valence-corrected chi connectivity index (χ2v) is 6.07. The number of hydrogen-bond donors (Lipinski definition) is 1. The molecule has 24 heavy (non-hydrogen) atoms. The average molecular weight is 319 g/mol. The zero-order valence-electron chi connectivity index (χ0n) is 13.3. The number of ether oxygens (including phenoxy) is 1. The second-order valence-electron chi connectivity index (χ2n) is 6.07. The summed E-state index contributed by atoms with van der Waals surface area (Å²) in [4.78, 5) is 11.8. The van der Waals surface area contributed by atoms with Crippen molar-refractivity contribution < 1.29 is 13.9 Å². The summed E-state index contributed by atoms with van der Waals surface area (Å²) in [6.07, 6.45) is 5.43. The van der Waals surface area contributed by atoms with Crippen molar-refractivity contribution in [2.45, 2.75) is 20.0 Å². The van der Waals surface area contributed by atoms with E-state index in [9.17, 15) is 4.79 Å². The third kappa shape index (κ3) is 2.46. The number of nitrogens with two attached hydrogens (primary N) is 1. The van der Waals surface area contributed by atoms with Crippen LogP contribution in [-0.2, 0) is 17.8 Å². The topological polar surface area (TPSA) is 65.5 Å². The first-order chi connectivity index (χ1) is 11.6. The first kappa shape index (κ1) is 14.6. The van der Waals surface area contributed by atoms with Gasteiger partial charge in [0.15, 0.2) is 17.1 Å². The molecule has 4 heteroatoms. The number of fused-ring (bicyclic) bond motifs is 2. The Labute approximate surface area is 139 Å². The summed E-state index contributed by atoms with van der Waals surface area (Å²) in [6, 6.07) is 9.76. The minimum Gasteiger partial charge on any atom is -0.485 e. The van der Waals surface area contributed by atoms with E-state index in [4.69, 9.17) is 14.9 Å². The van der Waals surface area contributed by atoms with Crippen molar-refractivity contribution >= 4 is 28.5 Å². The molecule has 0 spiro atoms. The van der Waals surface area contributed by atoms with Crippen molar-refractivity contribution in [1.29, 1.82) is 0 Å². The van der Waals surface area contributed by atoms with Gasteiger partial charge in [0, 0.05) is 23.1 Å². The molecule has 1 aliphatic carbocycles. The molecule has 2 N–H and O–H groups in total. The lowest BCUT2D eigenvalue weighted by molar-refractivity contribution is -0.114. The summed E-state index contributed by atoms with van der Waals surface area (Å²) in [5, 5.41) is 0.969. The highest BCUT2D eigenvalue weighted by Crippen LogP contribution is 2.37. The van der Waals surface area contributed by atoms with Crippen LogP contribution in [0.3, 0.4) is 0 Å². The molecular formula is C20H17NO3. The Kier molecular flexibility index (Phi) is 3.38. The highest BCUT2D eigenvalue weighted by atomic mass is 16.5. The zero-order valence-corrected chi connectivity index (χ0v) is 13.3. The molecule has 0 aliphatic heterocycles. The average Bonchev–Trinajstić information content (AvgIpc) is 3.03. The molecule has 0 fully saturated rings. The minimum atomic E-state index is 0.0709. The number of aryl methyl sites for hydroxylation is 1. The van der Waals surface area contributed by atoms with E-state index in [0.717, 1.165) is 33.3 Å². The van der Waals surface area contributed by atoms with Gasteiger partial charge in [-0.05, 0) is 47.9 Å². The van der Waals surface area contributed by atoms with Crippen LogP contribution < -0.4 is 10.5 Å². The number of furan rings is 1. The maximum Gasteiger partial charge on any atom is 0.176 e. The molecule has 4 nitrogen and oxygen atoms in total. The monoisotopic (exact) mass is 319 g/mol. The van der Waals surface area contributed by atoms with E-state index in [0.29, 0.717) is 24.4 Å². The lowest BCUT2D eigenvalue weighted by atomic mass is 9.94. The molecule has 0 saturated carbocycles. The van der Waals surface area contributed by atoms with Gasteiger partial charge in [0.25, 0.3) is 0 Å². The molecule has 2 aromatic carbocycles. The third-order valence-electron chi connectivity index (χ3n) is 4.35. The van der Waals surface area contributed by atoms with Crippen molar-refractivity contribution in [3.8, 4) is 5.75 Å². The third-order valence-corrected chi connectivity index (χ3v) is 4.35. The maximum absolute atomic E-state index is 11.8. The van der Waals surface area contributed by atoms with E-state index in [1.54, 1.807) is 12.3 Å².